The first-order valence-electron chi connectivity index (χ1n) is 9.94. The van der Waals surface area contributed by atoms with Crippen molar-refractivity contribution in [3.8, 4) is 0 Å². The molecule has 0 aliphatic carbocycles. The molecule has 0 aliphatic rings. The van der Waals surface area contributed by atoms with Gasteiger partial charge in [0.15, 0.2) is 5.12 Å². The van der Waals surface area contributed by atoms with Crippen molar-refractivity contribution in [2.75, 3.05) is 19.0 Å². The van der Waals surface area contributed by atoms with Crippen molar-refractivity contribution in [2.24, 2.45) is 11.3 Å². The first kappa shape index (κ1) is 28.6. The normalized spacial score (nSPS) is 17.4. The molecule has 0 saturated carbocycles. The highest BCUT2D eigenvalue weighted by Gasteiger charge is 2.32. The average Bonchev–Trinajstić information content (AvgIpc) is 2.57. The molecule has 0 fully saturated rings. The minimum Gasteiger partial charge on any atom is -0.462 e. The van der Waals surface area contributed by atoms with Crippen LogP contribution in [0.25, 0.3) is 0 Å². The van der Waals surface area contributed by atoms with Gasteiger partial charge in [0.1, 0.15) is 6.04 Å². The van der Waals surface area contributed by atoms with Gasteiger partial charge < -0.3 is 9.84 Å². The average molecular weight is 456 g/mol. The number of aliphatic hydroxyl groups is 1. The lowest BCUT2D eigenvalue weighted by Gasteiger charge is -2.25. The molecule has 29 heavy (non-hydrogen) atoms. The van der Waals surface area contributed by atoms with Gasteiger partial charge in [-0.2, -0.15) is 0 Å². The van der Waals surface area contributed by atoms with E-state index in [0.717, 1.165) is 11.8 Å². The number of hydrogen-bond donors (Lipinski definition) is 2. The number of carbonyl (C=O) groups excluding carboxylic acids is 2. The highest BCUT2D eigenvalue weighted by Crippen LogP contribution is 2.45. The topological polar surface area (TPSA) is 111 Å². The predicted molar refractivity (Wildman–Crippen MR) is 116 cm³/mol. The van der Waals surface area contributed by atoms with Gasteiger partial charge in [0.25, 0.3) is 0 Å². The van der Waals surface area contributed by atoms with Crippen LogP contribution in [-0.4, -0.2) is 53.4 Å². The van der Waals surface area contributed by atoms with Gasteiger partial charge in [0.05, 0.1) is 25.4 Å². The van der Waals surface area contributed by atoms with Crippen LogP contribution in [0.5, 0.6) is 0 Å². The summed E-state index contributed by atoms with van der Waals surface area (Å²) in [6.07, 6.45) is -0.331. The molecule has 4 atom stereocenters. The first-order chi connectivity index (χ1) is 13.2. The van der Waals surface area contributed by atoms with Crippen molar-refractivity contribution in [3.05, 3.63) is 0 Å². The molecule has 0 bridgehead atoms. The van der Waals surface area contributed by atoms with Crippen LogP contribution in [-0.2, 0) is 27.9 Å². The monoisotopic (exact) mass is 455 g/mol. The number of thioether (sulfide) groups is 1. The molecule has 0 aromatic rings. The van der Waals surface area contributed by atoms with Gasteiger partial charge >= 0.3 is 13.7 Å². The number of rotatable bonds is 13. The Morgan fingerprint density at radius 1 is 1.14 bits per heavy atom. The van der Waals surface area contributed by atoms with Crippen LogP contribution in [0, 0.1) is 11.3 Å². The summed E-state index contributed by atoms with van der Waals surface area (Å²) in [4.78, 5) is 24.0. The minimum atomic E-state index is -3.87. The van der Waals surface area contributed by atoms with Crippen LogP contribution in [0.2, 0.25) is 0 Å². The Hall–Kier alpha value is -0.440. The summed E-state index contributed by atoms with van der Waals surface area (Å²) in [5.74, 6) is -0.514. The quantitative estimate of drug-likeness (QED) is 0.243. The second kappa shape index (κ2) is 13.1. The zero-order valence-electron chi connectivity index (χ0n) is 18.9. The van der Waals surface area contributed by atoms with E-state index < -0.39 is 31.3 Å². The summed E-state index contributed by atoms with van der Waals surface area (Å²) < 4.78 is 29.2. The minimum absolute atomic E-state index is 0.00107. The Morgan fingerprint density at radius 2 is 1.72 bits per heavy atom. The molecule has 0 aromatic carbocycles. The molecular weight excluding hydrogens is 417 g/mol. The largest absolute Gasteiger partial charge is 0.462 e. The summed E-state index contributed by atoms with van der Waals surface area (Å²) in [6.45, 7) is 13.9. The lowest BCUT2D eigenvalue weighted by atomic mass is 10.00. The Balaban J connectivity index is 5.01. The van der Waals surface area contributed by atoms with Gasteiger partial charge in [-0.1, -0.05) is 39.5 Å². The van der Waals surface area contributed by atoms with Crippen molar-refractivity contribution >= 4 is 30.6 Å². The van der Waals surface area contributed by atoms with E-state index in [0.29, 0.717) is 12.2 Å². The molecule has 4 unspecified atom stereocenters. The summed E-state index contributed by atoms with van der Waals surface area (Å²) in [6, 6.07) is -0.918. The summed E-state index contributed by atoms with van der Waals surface area (Å²) in [7, 11) is -3.87. The standard InChI is InChI=1S/C19H38NO7PS/c1-9-16(15(5)21)12-26-28(24,20-14(4)17(22)27-13(2)3)25-10-11-29-18(23)19(6,7)8/h13-16,21H,9-12H2,1-8H3,(H,20,24). The van der Waals surface area contributed by atoms with E-state index in [1.807, 2.05) is 27.7 Å². The van der Waals surface area contributed by atoms with Crippen molar-refractivity contribution in [1.29, 1.82) is 0 Å². The fourth-order valence-corrected chi connectivity index (χ4v) is 4.47. The van der Waals surface area contributed by atoms with Crippen LogP contribution in [0.3, 0.4) is 0 Å². The maximum atomic E-state index is 13.2. The summed E-state index contributed by atoms with van der Waals surface area (Å²) in [5, 5.41) is 12.4. The maximum absolute atomic E-state index is 13.2. The van der Waals surface area contributed by atoms with E-state index >= 15 is 0 Å². The van der Waals surface area contributed by atoms with Gasteiger partial charge in [0, 0.05) is 17.1 Å². The Morgan fingerprint density at radius 3 is 2.17 bits per heavy atom. The Kier molecular flexibility index (Phi) is 12.9. The van der Waals surface area contributed by atoms with E-state index in [1.165, 1.54) is 6.92 Å². The van der Waals surface area contributed by atoms with E-state index in [2.05, 4.69) is 5.09 Å². The molecular formula is C19H38NO7PS. The van der Waals surface area contributed by atoms with Crippen molar-refractivity contribution in [3.63, 3.8) is 0 Å². The fourth-order valence-electron chi connectivity index (χ4n) is 2.04. The van der Waals surface area contributed by atoms with E-state index in [1.54, 1.807) is 20.8 Å². The van der Waals surface area contributed by atoms with Crippen molar-refractivity contribution in [2.45, 2.75) is 80.1 Å². The van der Waals surface area contributed by atoms with E-state index in [-0.39, 0.29) is 30.4 Å². The molecule has 0 spiro atoms. The lowest BCUT2D eigenvalue weighted by molar-refractivity contribution is -0.149. The fraction of sp³-hybridized carbons (Fsp3) is 0.895. The SMILES string of the molecule is CCC(COP(=O)(NC(C)C(=O)OC(C)C)OCCSC(=O)C(C)(C)C)C(C)O. The molecule has 0 rings (SSSR count). The third-order valence-electron chi connectivity index (χ3n) is 3.91. The molecule has 0 heterocycles. The molecule has 0 aliphatic heterocycles. The Bertz CT molecular complexity index is 563. The summed E-state index contributed by atoms with van der Waals surface area (Å²) in [5.41, 5.74) is -0.482. The molecule has 0 amide bonds. The molecule has 0 saturated heterocycles. The smallest absolute Gasteiger partial charge is 0.406 e. The second-order valence-electron chi connectivity index (χ2n) is 8.26. The van der Waals surface area contributed by atoms with Crippen LogP contribution >= 0.6 is 19.5 Å². The lowest BCUT2D eigenvalue weighted by Crippen LogP contribution is -2.36. The van der Waals surface area contributed by atoms with Gasteiger partial charge in [-0.3, -0.25) is 18.6 Å². The maximum Gasteiger partial charge on any atom is 0.406 e. The highest BCUT2D eigenvalue weighted by atomic mass is 32.2. The third-order valence-corrected chi connectivity index (χ3v) is 6.87. The number of nitrogens with one attached hydrogen (secondary N) is 1. The number of aliphatic hydroxyl groups excluding tert-OH is 1. The molecule has 0 aromatic heterocycles. The van der Waals surface area contributed by atoms with Crippen molar-refractivity contribution in [1.82, 2.24) is 5.09 Å². The summed E-state index contributed by atoms with van der Waals surface area (Å²) >= 11 is 1.09. The molecule has 2 N–H and O–H groups in total. The predicted octanol–water partition coefficient (Wildman–Crippen LogP) is 3.77. The molecule has 8 nitrogen and oxygen atoms in total. The van der Waals surface area contributed by atoms with Crippen LogP contribution in [0.4, 0.5) is 0 Å². The Labute approximate surface area is 179 Å². The zero-order valence-corrected chi connectivity index (χ0v) is 20.6. The number of hydrogen-bond acceptors (Lipinski definition) is 8. The van der Waals surface area contributed by atoms with Crippen molar-refractivity contribution < 1.29 is 33.0 Å². The van der Waals surface area contributed by atoms with Gasteiger partial charge in [0.2, 0.25) is 0 Å². The second-order valence-corrected chi connectivity index (χ2v) is 11.1. The third kappa shape index (κ3) is 12.1. The van der Waals surface area contributed by atoms with Crippen LogP contribution < -0.4 is 5.09 Å². The number of ether oxygens (including phenoxy) is 1. The number of esters is 1. The molecule has 10 heteroatoms. The van der Waals surface area contributed by atoms with E-state index in [4.69, 9.17) is 13.8 Å². The molecule has 172 valence electrons. The van der Waals surface area contributed by atoms with Gasteiger partial charge in [-0.05, 0) is 34.1 Å². The van der Waals surface area contributed by atoms with Crippen LogP contribution in [0.15, 0.2) is 0 Å². The van der Waals surface area contributed by atoms with E-state index in [9.17, 15) is 19.3 Å². The highest BCUT2D eigenvalue weighted by molar-refractivity contribution is 8.13. The first-order valence-corrected chi connectivity index (χ1v) is 12.5. The van der Waals surface area contributed by atoms with Crippen LogP contribution in [0.1, 0.15) is 61.8 Å². The van der Waals surface area contributed by atoms with Gasteiger partial charge in [-0.25, -0.2) is 9.65 Å². The van der Waals surface area contributed by atoms with Gasteiger partial charge in [-0.15, -0.1) is 0 Å². The number of carbonyl (C=O) groups is 2. The zero-order chi connectivity index (χ0) is 22.8. The molecule has 0 radical (unpaired) electrons.